The first-order valence-corrected chi connectivity index (χ1v) is 47.3. The van der Waals surface area contributed by atoms with Gasteiger partial charge in [0.15, 0.2) is 0 Å². The topological polar surface area (TPSA) is 259 Å². The maximum Gasteiger partial charge on any atom is 0.297 e. The number of rotatable bonds is 42. The SMILES string of the molecule is C#CCN(C)C(C)Cc1ccc(OCCOS(C)(=O)=O)cc1.C#CCN(C)[C@H](CCl)Cc1ccccc1.C#CCN(C)[C@H](COS(=O)(=O)c1ccc(C)cc1)Cc1ccccc1.C#CCN(C)[C@H](COS(C)(=O)=O)Cc1ccccc1.C#CCN(C)[C@H](COS(C)(=O)=O)Cc1ccco1.C#CCN(CCOS(C)(=O)=O)C1CCc2ccccc21. The average Bonchev–Trinajstić information content (AvgIpc) is 1.68. The molecule has 0 saturated carbocycles. The zero-order valence-electron chi connectivity index (χ0n) is 70.1. The lowest BCUT2D eigenvalue weighted by Crippen LogP contribution is -2.38. The number of likely N-dealkylation sites (N-methyl/N-ethyl adjacent to an activating group) is 5. The van der Waals surface area contributed by atoms with Crippen LogP contribution in [-0.4, -0.2) is 253 Å². The van der Waals surface area contributed by atoms with E-state index in [0.29, 0.717) is 88.8 Å². The Hall–Kier alpha value is -8.64. The lowest BCUT2D eigenvalue weighted by molar-refractivity contribution is 0.173. The average molecular weight is 1750 g/mol. The van der Waals surface area contributed by atoms with Crippen molar-refractivity contribution in [1.82, 2.24) is 29.4 Å². The van der Waals surface area contributed by atoms with Gasteiger partial charge in [-0.25, -0.2) is 0 Å². The Morgan fingerprint density at radius 1 is 0.429 bits per heavy atom. The predicted molar refractivity (Wildman–Crippen MR) is 477 cm³/mol. The van der Waals surface area contributed by atoms with Gasteiger partial charge in [0.2, 0.25) is 0 Å². The van der Waals surface area contributed by atoms with Crippen LogP contribution in [0.1, 0.15) is 64.1 Å². The van der Waals surface area contributed by atoms with Crippen molar-refractivity contribution in [3.05, 3.63) is 227 Å². The van der Waals surface area contributed by atoms with Gasteiger partial charge in [0, 0.05) is 55.1 Å². The molecule has 8 rings (SSSR count). The van der Waals surface area contributed by atoms with Crippen molar-refractivity contribution in [1.29, 1.82) is 0 Å². The van der Waals surface area contributed by atoms with E-state index in [4.69, 9.17) is 76.0 Å². The van der Waals surface area contributed by atoms with Crippen LogP contribution in [0.5, 0.6) is 5.75 Å². The van der Waals surface area contributed by atoms with Crippen LogP contribution in [0.3, 0.4) is 0 Å². The van der Waals surface area contributed by atoms with E-state index in [2.05, 4.69) is 85.6 Å². The summed E-state index contributed by atoms with van der Waals surface area (Å²) < 4.78 is 148. The maximum atomic E-state index is 12.4. The molecule has 2 unspecified atom stereocenters. The minimum atomic E-state index is -3.79. The molecule has 6 aromatic carbocycles. The van der Waals surface area contributed by atoms with Gasteiger partial charge in [0.1, 0.15) is 24.7 Å². The summed E-state index contributed by atoms with van der Waals surface area (Å²) in [6, 6.07) is 56.9. The van der Waals surface area contributed by atoms with E-state index in [1.807, 2.05) is 178 Å². The van der Waals surface area contributed by atoms with Crippen molar-refractivity contribution in [2.24, 2.45) is 0 Å². The van der Waals surface area contributed by atoms with Gasteiger partial charge in [-0.3, -0.25) is 50.3 Å². The van der Waals surface area contributed by atoms with Crippen molar-refractivity contribution in [3.8, 4) is 79.8 Å². The number of terminal acetylenes is 6. The summed E-state index contributed by atoms with van der Waals surface area (Å²) in [5.74, 6) is 17.6. The largest absolute Gasteiger partial charge is 0.491 e. The van der Waals surface area contributed by atoms with E-state index in [1.54, 1.807) is 36.6 Å². The van der Waals surface area contributed by atoms with E-state index in [0.717, 1.165) is 73.2 Å². The molecule has 0 spiro atoms. The van der Waals surface area contributed by atoms with E-state index in [-0.39, 0.29) is 68.7 Å². The standard InChI is InChI=1S/C20H23NO3S.C16H23NO4S.C15H19NO3S.C14H19NO3S.C13H16ClN.C12H17NO4S/c1-4-14-21(3)19(15-18-8-6-5-7-9-18)16-24-25(22,23)20-12-10-17(2)11-13-20;1-5-10-17(3)14(2)13-15-6-8-16(9-7-15)20-11-12-21-22(4,18)19;1-3-10-16(11-12-19-20(2,17)18)15-9-8-13-6-4-5-7-14(13)15;1-4-10-15(2)14(12-18-19(3,16)17)11-13-8-6-5-7-9-13;1-3-9-15(2)13(11-14)10-12-7-5-4-6-8-12;1-4-7-13(2)11(10-17-18(3,14)15)9-12-6-5-8-16-12/h1,5-13,19H,14-16H2,2-3H3;1,6-9,14H,10-13H2,2-4H3;1,4-7,15H,8-12H2,2H3;1,5-9,14H,10-12H2,2-3H3;1,4-8,13H,9-11H2,2H3;1,5-6,8,11H,7,9-10H2,2-3H3/t19-;;;14-;13-;11-/m0..000/s1. The van der Waals surface area contributed by atoms with Gasteiger partial charge in [-0.2, -0.15) is 42.1 Å². The molecule has 23 nitrogen and oxygen atoms in total. The highest BCUT2D eigenvalue weighted by molar-refractivity contribution is 7.87. The van der Waals surface area contributed by atoms with Gasteiger partial charge in [-0.1, -0.05) is 181 Å². The fraction of sp³-hybridized carbons (Fsp3) is 0.422. The normalized spacial score (nSPS) is 13.8. The van der Waals surface area contributed by atoms with Gasteiger partial charge < -0.3 is 9.15 Å². The zero-order valence-corrected chi connectivity index (χ0v) is 75.0. The molecule has 646 valence electrons. The molecule has 0 saturated heterocycles. The third kappa shape index (κ3) is 46.1. The van der Waals surface area contributed by atoms with Crippen LogP contribution >= 0.6 is 11.6 Å². The highest BCUT2D eigenvalue weighted by Gasteiger charge is 2.28. The van der Waals surface area contributed by atoms with Crippen LogP contribution in [0, 0.1) is 81.0 Å². The third-order valence-corrected chi connectivity index (χ3v) is 22.3. The summed E-state index contributed by atoms with van der Waals surface area (Å²) in [5, 5.41) is 0. The molecule has 6 atom stereocenters. The van der Waals surface area contributed by atoms with E-state index < -0.39 is 50.6 Å². The Bertz CT molecular complexity index is 4920. The second-order valence-corrected chi connectivity index (χ2v) is 36.8. The number of hydrogen-bond donors (Lipinski definition) is 0. The molecule has 1 aliphatic rings. The quantitative estimate of drug-likeness (QED) is 0.0149. The fourth-order valence-corrected chi connectivity index (χ4v) is 14.5. The summed E-state index contributed by atoms with van der Waals surface area (Å²) in [6.07, 6.45) is 43.5. The van der Waals surface area contributed by atoms with E-state index >= 15 is 0 Å². The molecule has 0 bridgehead atoms. The molecular formula is C90H117ClN6O17S5. The molecule has 0 fully saturated rings. The second-order valence-electron chi connectivity index (χ2n) is 28.3. The summed E-state index contributed by atoms with van der Waals surface area (Å²) >= 11 is 5.94. The Kier molecular flexibility index (Phi) is 49.2. The summed E-state index contributed by atoms with van der Waals surface area (Å²) in [6.45, 7) is 8.13. The first-order chi connectivity index (χ1) is 56.4. The first kappa shape index (κ1) is 105. The highest BCUT2D eigenvalue weighted by atomic mass is 35.5. The number of fused-ring (bicyclic) bond motifs is 1. The lowest BCUT2D eigenvalue weighted by atomic mass is 10.1. The van der Waals surface area contributed by atoms with Crippen molar-refractivity contribution in [2.45, 2.75) is 99.9 Å². The number of benzene rings is 6. The summed E-state index contributed by atoms with van der Waals surface area (Å²) in [5.41, 5.74) is 8.35. The number of ether oxygens (including phenoxy) is 1. The van der Waals surface area contributed by atoms with Gasteiger partial charge in [-0.05, 0) is 157 Å². The number of nitrogens with zero attached hydrogens (tertiary/aromatic N) is 6. The molecule has 1 heterocycles. The molecular weight excluding hydrogens is 1630 g/mol. The molecule has 1 aromatic heterocycles. The molecule has 0 aliphatic heterocycles. The molecule has 119 heavy (non-hydrogen) atoms. The maximum absolute atomic E-state index is 12.4. The predicted octanol–water partition coefficient (Wildman–Crippen LogP) is 10.3. The van der Waals surface area contributed by atoms with Crippen molar-refractivity contribution >= 4 is 62.2 Å². The van der Waals surface area contributed by atoms with Gasteiger partial charge >= 0.3 is 0 Å². The number of halogens is 1. The van der Waals surface area contributed by atoms with Crippen LogP contribution < -0.4 is 4.74 Å². The van der Waals surface area contributed by atoms with Crippen molar-refractivity contribution < 1.29 is 72.2 Å². The molecule has 0 N–H and O–H groups in total. The molecule has 0 radical (unpaired) electrons. The van der Waals surface area contributed by atoms with Crippen LogP contribution in [0.2, 0.25) is 0 Å². The minimum absolute atomic E-state index is 0.00843. The smallest absolute Gasteiger partial charge is 0.297 e. The van der Waals surface area contributed by atoms with Crippen LogP contribution in [0.25, 0.3) is 0 Å². The fourth-order valence-electron chi connectivity index (χ4n) is 11.7. The first-order valence-electron chi connectivity index (χ1n) is 38.1. The second kappa shape index (κ2) is 56.0. The molecule has 7 aromatic rings. The minimum Gasteiger partial charge on any atom is -0.491 e. The molecule has 29 heteroatoms. The Morgan fingerprint density at radius 2 is 0.824 bits per heavy atom. The van der Waals surface area contributed by atoms with Gasteiger partial charge in [0.05, 0.1) is 102 Å². The molecule has 1 aliphatic carbocycles. The number of hydrogen-bond acceptors (Lipinski definition) is 23. The van der Waals surface area contributed by atoms with Crippen LogP contribution in [-0.2, 0) is 110 Å². The highest BCUT2D eigenvalue weighted by Crippen LogP contribution is 2.35. The number of furan rings is 1. The third-order valence-electron chi connectivity index (χ3n) is 18.4. The van der Waals surface area contributed by atoms with Gasteiger partial charge in [0.25, 0.3) is 50.6 Å². The van der Waals surface area contributed by atoms with Crippen LogP contribution in [0.4, 0.5) is 0 Å². The van der Waals surface area contributed by atoms with E-state index in [1.165, 1.54) is 22.3 Å². The van der Waals surface area contributed by atoms with Crippen molar-refractivity contribution in [2.75, 3.05) is 152 Å². The zero-order chi connectivity index (χ0) is 88.5. The number of aryl methyl sites for hydroxylation is 2. The monoisotopic (exact) mass is 1750 g/mol. The Balaban J connectivity index is 0.000000371. The summed E-state index contributed by atoms with van der Waals surface area (Å²) in [4.78, 5) is 12.2. The Labute approximate surface area is 717 Å². The summed E-state index contributed by atoms with van der Waals surface area (Å²) in [7, 11) is -7.93. The molecule has 0 amide bonds. The Morgan fingerprint density at radius 3 is 1.25 bits per heavy atom. The van der Waals surface area contributed by atoms with Crippen LogP contribution in [0.15, 0.2) is 192 Å². The lowest BCUT2D eigenvalue weighted by Gasteiger charge is -2.27. The van der Waals surface area contributed by atoms with Crippen molar-refractivity contribution in [3.63, 3.8) is 0 Å². The van der Waals surface area contributed by atoms with E-state index in [9.17, 15) is 42.1 Å². The van der Waals surface area contributed by atoms with Gasteiger partial charge in [-0.15, -0.1) is 50.1 Å². The number of alkyl halides is 1.